The predicted molar refractivity (Wildman–Crippen MR) is 70.2 cm³/mol. The third kappa shape index (κ3) is 7.85. The lowest BCUT2D eigenvalue weighted by molar-refractivity contribution is 0.104. The van der Waals surface area contributed by atoms with E-state index in [0.29, 0.717) is 0 Å². The average Bonchev–Trinajstić information content (AvgIpc) is 2.33. The molecule has 6 heteroatoms. The van der Waals surface area contributed by atoms with Crippen LogP contribution < -0.4 is 0 Å². The van der Waals surface area contributed by atoms with Crippen LogP contribution in [0.2, 0.25) is 6.04 Å². The van der Waals surface area contributed by atoms with Crippen molar-refractivity contribution in [2.24, 2.45) is 0 Å². The number of nitrogens with zero attached hydrogens (tertiary/aromatic N) is 1. The third-order valence-corrected chi connectivity index (χ3v) is 5.43. The van der Waals surface area contributed by atoms with E-state index >= 15 is 0 Å². The van der Waals surface area contributed by atoms with Crippen LogP contribution in [0.4, 0.5) is 0 Å². The summed E-state index contributed by atoms with van der Waals surface area (Å²) < 4.78 is 21.5. The molecule has 0 bridgehead atoms. The molecule has 0 rings (SSSR count). The van der Waals surface area contributed by atoms with Crippen LogP contribution in [0.15, 0.2) is 0 Å². The van der Waals surface area contributed by atoms with Crippen molar-refractivity contribution in [1.29, 1.82) is 0 Å². The van der Waals surface area contributed by atoms with Crippen molar-refractivity contribution in [2.75, 3.05) is 55.2 Å². The number of hydrogen-bond donors (Lipinski definition) is 0. The maximum Gasteiger partial charge on any atom is 0.500 e. The Kier molecular flexibility index (Phi) is 10.00. The highest BCUT2D eigenvalue weighted by Gasteiger charge is 2.36. The molecule has 0 saturated carbocycles. The second-order valence-electron chi connectivity index (χ2n) is 4.17. The molecule has 0 heterocycles. The van der Waals surface area contributed by atoms with Gasteiger partial charge in [0.25, 0.3) is 0 Å². The molecule has 0 aromatic rings. The molecule has 0 aliphatic heterocycles. The first-order valence-corrected chi connectivity index (χ1v) is 7.91. The Labute approximate surface area is 106 Å². The van der Waals surface area contributed by atoms with Crippen molar-refractivity contribution in [1.82, 2.24) is 4.90 Å². The molecule has 0 N–H and O–H groups in total. The zero-order valence-corrected chi connectivity index (χ0v) is 12.8. The quantitative estimate of drug-likeness (QED) is 0.415. The van der Waals surface area contributed by atoms with Crippen molar-refractivity contribution in [2.45, 2.75) is 18.9 Å². The van der Waals surface area contributed by atoms with E-state index in [9.17, 15) is 0 Å². The van der Waals surface area contributed by atoms with Crippen LogP contribution in [-0.2, 0) is 18.0 Å². The van der Waals surface area contributed by atoms with Gasteiger partial charge in [0.2, 0.25) is 0 Å². The highest BCUT2D eigenvalue weighted by atomic mass is 28.4. The van der Waals surface area contributed by atoms with E-state index in [1.165, 1.54) is 0 Å². The largest absolute Gasteiger partial charge is 0.500 e. The van der Waals surface area contributed by atoms with Crippen LogP contribution >= 0.6 is 0 Å². The molecule has 0 aliphatic carbocycles. The topological polar surface area (TPSA) is 40.2 Å². The minimum absolute atomic E-state index is 0.734. The summed E-state index contributed by atoms with van der Waals surface area (Å²) in [5.74, 6) is 0. The first-order valence-electron chi connectivity index (χ1n) is 5.98. The fraction of sp³-hybridized carbons (Fsp3) is 1.00. The summed E-state index contributed by atoms with van der Waals surface area (Å²) in [5, 5.41) is 0. The van der Waals surface area contributed by atoms with Gasteiger partial charge in [0.05, 0.1) is 0 Å². The summed E-state index contributed by atoms with van der Waals surface area (Å²) in [6.45, 7) is 2.60. The second kappa shape index (κ2) is 9.99. The average molecular weight is 265 g/mol. The van der Waals surface area contributed by atoms with Crippen molar-refractivity contribution < 1.29 is 18.0 Å². The van der Waals surface area contributed by atoms with Gasteiger partial charge >= 0.3 is 8.80 Å². The molecule has 0 spiro atoms. The molecule has 104 valence electrons. The molecule has 0 saturated heterocycles. The fourth-order valence-corrected chi connectivity index (χ4v) is 3.22. The first kappa shape index (κ1) is 17.0. The number of ether oxygens (including phenoxy) is 1. The van der Waals surface area contributed by atoms with E-state index < -0.39 is 8.80 Å². The Bertz CT molecular complexity index is 169. The Morgan fingerprint density at radius 2 is 1.41 bits per heavy atom. The van der Waals surface area contributed by atoms with Crippen LogP contribution in [0.1, 0.15) is 12.8 Å². The normalized spacial score (nSPS) is 12.4. The van der Waals surface area contributed by atoms with Crippen molar-refractivity contribution in [3.05, 3.63) is 0 Å². The zero-order valence-electron chi connectivity index (χ0n) is 11.8. The van der Waals surface area contributed by atoms with Crippen molar-refractivity contribution in [3.8, 4) is 0 Å². The number of rotatable bonds is 11. The summed E-state index contributed by atoms with van der Waals surface area (Å²) in [6, 6.07) is 0.796. The van der Waals surface area contributed by atoms with Crippen LogP contribution in [0.25, 0.3) is 0 Å². The predicted octanol–water partition coefficient (Wildman–Crippen LogP) is 1.22. The highest BCUT2D eigenvalue weighted by molar-refractivity contribution is 6.60. The first-order chi connectivity index (χ1) is 8.10. The van der Waals surface area contributed by atoms with Gasteiger partial charge in [-0.25, -0.2) is 0 Å². The Morgan fingerprint density at radius 1 is 0.882 bits per heavy atom. The zero-order chi connectivity index (χ0) is 13.1. The highest BCUT2D eigenvalue weighted by Crippen LogP contribution is 2.14. The fourth-order valence-electron chi connectivity index (χ4n) is 1.53. The maximum absolute atomic E-state index is 5.54. The maximum atomic E-state index is 5.54. The van der Waals surface area contributed by atoms with Gasteiger partial charge < -0.3 is 22.9 Å². The van der Waals surface area contributed by atoms with Gasteiger partial charge in [-0.2, -0.15) is 0 Å². The smallest absolute Gasteiger partial charge is 0.381 e. The standard InChI is InChI=1S/C11H27NO4Si/c1-12(2)8-6-9-16-10-7-11-17(13-3,14-4)15-5/h6-11H2,1-5H3. The van der Waals surface area contributed by atoms with Crippen molar-refractivity contribution >= 4 is 8.80 Å². The SMILES string of the molecule is CO[Si](CCCOCCCN(C)C)(OC)OC. The molecule has 5 nitrogen and oxygen atoms in total. The molecule has 0 atom stereocenters. The molecule has 0 radical (unpaired) electrons. The van der Waals surface area contributed by atoms with Crippen molar-refractivity contribution in [3.63, 3.8) is 0 Å². The monoisotopic (exact) mass is 265 g/mol. The summed E-state index contributed by atoms with van der Waals surface area (Å²) in [7, 11) is 6.65. The van der Waals surface area contributed by atoms with E-state index in [1.54, 1.807) is 21.3 Å². The molecule has 17 heavy (non-hydrogen) atoms. The number of hydrogen-bond acceptors (Lipinski definition) is 5. The van der Waals surface area contributed by atoms with E-state index in [0.717, 1.165) is 38.6 Å². The van der Waals surface area contributed by atoms with E-state index in [1.807, 2.05) is 0 Å². The minimum Gasteiger partial charge on any atom is -0.381 e. The summed E-state index contributed by atoms with van der Waals surface area (Å²) in [6.07, 6.45) is 1.97. The van der Waals surface area contributed by atoms with Crippen LogP contribution in [0.5, 0.6) is 0 Å². The third-order valence-electron chi connectivity index (χ3n) is 2.60. The minimum atomic E-state index is -2.39. The van der Waals surface area contributed by atoms with Gasteiger partial charge in [-0.15, -0.1) is 0 Å². The molecule has 0 aromatic heterocycles. The lowest BCUT2D eigenvalue weighted by atomic mass is 10.4. The molecule has 0 amide bonds. The molecule has 0 fully saturated rings. The Balaban J connectivity index is 3.49. The van der Waals surface area contributed by atoms with E-state index in [4.69, 9.17) is 18.0 Å². The van der Waals surface area contributed by atoms with Crippen LogP contribution in [-0.4, -0.2) is 68.9 Å². The van der Waals surface area contributed by atoms with Gasteiger partial charge in [-0.1, -0.05) is 0 Å². The van der Waals surface area contributed by atoms with Gasteiger partial charge in [0.15, 0.2) is 0 Å². The summed E-state index contributed by atoms with van der Waals surface area (Å²) >= 11 is 0. The van der Waals surface area contributed by atoms with Gasteiger partial charge in [0, 0.05) is 40.6 Å². The van der Waals surface area contributed by atoms with Crippen LogP contribution in [0.3, 0.4) is 0 Å². The second-order valence-corrected chi connectivity index (χ2v) is 7.26. The van der Waals surface area contributed by atoms with Gasteiger partial charge in [0.1, 0.15) is 0 Å². The van der Waals surface area contributed by atoms with Gasteiger partial charge in [-0.3, -0.25) is 0 Å². The lowest BCUT2D eigenvalue weighted by Gasteiger charge is -2.24. The Hall–Kier alpha value is 0.0169. The van der Waals surface area contributed by atoms with Gasteiger partial charge in [-0.05, 0) is 33.5 Å². The summed E-state index contributed by atoms with van der Waals surface area (Å²) in [5.41, 5.74) is 0. The molecular formula is C11H27NO4Si. The molecule has 0 aromatic carbocycles. The Morgan fingerprint density at radius 3 is 1.88 bits per heavy atom. The summed E-state index contributed by atoms with van der Waals surface area (Å²) in [4.78, 5) is 2.15. The molecule has 0 aliphatic rings. The lowest BCUT2D eigenvalue weighted by Crippen LogP contribution is -2.42. The van der Waals surface area contributed by atoms with E-state index in [-0.39, 0.29) is 0 Å². The van der Waals surface area contributed by atoms with E-state index in [2.05, 4.69) is 19.0 Å². The molecular weight excluding hydrogens is 238 g/mol. The van der Waals surface area contributed by atoms with Crippen LogP contribution in [0, 0.1) is 0 Å². The molecule has 0 unspecified atom stereocenters.